The molecule has 138 valence electrons. The summed E-state index contributed by atoms with van der Waals surface area (Å²) in [6.07, 6.45) is 0.896. The van der Waals surface area contributed by atoms with Crippen LogP contribution in [-0.4, -0.2) is 36.7 Å². The normalized spacial score (nSPS) is 12.7. The molecular formula is C20H18N2O5. The van der Waals surface area contributed by atoms with Crippen molar-refractivity contribution in [3.63, 3.8) is 0 Å². The molecule has 7 nitrogen and oxygen atoms in total. The number of hydrogen-bond acceptors (Lipinski definition) is 5. The lowest BCUT2D eigenvalue weighted by Crippen LogP contribution is -2.36. The molecule has 0 saturated carbocycles. The zero-order valence-corrected chi connectivity index (χ0v) is 14.7. The summed E-state index contributed by atoms with van der Waals surface area (Å²) in [7, 11) is 0. The van der Waals surface area contributed by atoms with E-state index < -0.39 is 36.7 Å². The van der Waals surface area contributed by atoms with Gasteiger partial charge in [0, 0.05) is 5.69 Å². The number of hydrogen-bond donors (Lipinski definition) is 1. The smallest absolute Gasteiger partial charge is 0.326 e. The van der Waals surface area contributed by atoms with Gasteiger partial charge in [-0.25, -0.2) is 0 Å². The van der Waals surface area contributed by atoms with Gasteiger partial charge >= 0.3 is 5.97 Å². The lowest BCUT2D eigenvalue weighted by Gasteiger charge is -2.15. The number of anilines is 2. The molecule has 0 fully saturated rings. The van der Waals surface area contributed by atoms with Crippen LogP contribution in [0.5, 0.6) is 0 Å². The van der Waals surface area contributed by atoms with E-state index in [1.54, 1.807) is 30.3 Å². The van der Waals surface area contributed by atoms with Crippen LogP contribution in [0, 0.1) is 0 Å². The Balaban J connectivity index is 1.53. The van der Waals surface area contributed by atoms with Crippen LogP contribution in [-0.2, 0) is 25.5 Å². The second-order valence-corrected chi connectivity index (χ2v) is 6.00. The Morgan fingerprint density at radius 1 is 1.04 bits per heavy atom. The third-order valence-electron chi connectivity index (χ3n) is 4.18. The third kappa shape index (κ3) is 4.03. The van der Waals surface area contributed by atoms with E-state index in [1.165, 1.54) is 6.07 Å². The van der Waals surface area contributed by atoms with E-state index >= 15 is 0 Å². The van der Waals surface area contributed by atoms with Crippen molar-refractivity contribution >= 4 is 34.9 Å². The molecule has 2 aromatic carbocycles. The average molecular weight is 366 g/mol. The van der Waals surface area contributed by atoms with Gasteiger partial charge in [0.25, 0.3) is 17.6 Å². The van der Waals surface area contributed by atoms with Crippen LogP contribution in [0.4, 0.5) is 11.4 Å². The van der Waals surface area contributed by atoms with Crippen LogP contribution in [0.2, 0.25) is 0 Å². The number of ether oxygens (including phenoxy) is 1. The van der Waals surface area contributed by atoms with Gasteiger partial charge in [0.1, 0.15) is 6.54 Å². The van der Waals surface area contributed by atoms with Gasteiger partial charge in [0.15, 0.2) is 6.61 Å². The van der Waals surface area contributed by atoms with E-state index in [1.807, 2.05) is 19.1 Å². The fraction of sp³-hybridized carbons (Fsp3) is 0.200. The SMILES string of the molecule is CCc1ccc(NC(=O)COC(=O)CN2C(=O)C(=O)c3ccccc32)cc1. The molecule has 0 unspecified atom stereocenters. The van der Waals surface area contributed by atoms with Gasteiger partial charge < -0.3 is 10.1 Å². The summed E-state index contributed by atoms with van der Waals surface area (Å²) in [6.45, 7) is 1.12. The molecule has 0 aliphatic carbocycles. The van der Waals surface area contributed by atoms with Crippen LogP contribution >= 0.6 is 0 Å². The van der Waals surface area contributed by atoms with Crippen molar-refractivity contribution in [3.05, 3.63) is 59.7 Å². The highest BCUT2D eigenvalue weighted by atomic mass is 16.5. The number of amides is 2. The Morgan fingerprint density at radius 2 is 1.74 bits per heavy atom. The zero-order valence-electron chi connectivity index (χ0n) is 14.7. The van der Waals surface area contributed by atoms with Crippen molar-refractivity contribution in [2.75, 3.05) is 23.4 Å². The molecule has 0 radical (unpaired) electrons. The number of nitrogens with one attached hydrogen (secondary N) is 1. The molecule has 3 rings (SSSR count). The molecule has 0 bridgehead atoms. The molecule has 0 aromatic heterocycles. The minimum absolute atomic E-state index is 0.253. The number of carbonyl (C=O) groups excluding carboxylic acids is 4. The van der Waals surface area contributed by atoms with Gasteiger partial charge in [-0.15, -0.1) is 0 Å². The largest absolute Gasteiger partial charge is 0.454 e. The van der Waals surface area contributed by atoms with E-state index in [2.05, 4.69) is 5.32 Å². The summed E-state index contributed by atoms with van der Waals surface area (Å²) in [6, 6.07) is 13.7. The fourth-order valence-corrected chi connectivity index (χ4v) is 2.75. The maximum absolute atomic E-state index is 12.0. The van der Waals surface area contributed by atoms with Gasteiger partial charge in [-0.3, -0.25) is 24.1 Å². The van der Waals surface area contributed by atoms with Crippen molar-refractivity contribution in [2.45, 2.75) is 13.3 Å². The topological polar surface area (TPSA) is 92.8 Å². The van der Waals surface area contributed by atoms with Gasteiger partial charge in [-0.1, -0.05) is 31.2 Å². The molecule has 2 aromatic rings. The fourth-order valence-electron chi connectivity index (χ4n) is 2.75. The number of Topliss-reactive ketones (excluding diaryl/α,β-unsaturated/α-hetero) is 1. The second-order valence-electron chi connectivity index (χ2n) is 6.00. The number of para-hydroxylation sites is 1. The predicted octanol–water partition coefficient (Wildman–Crippen LogP) is 1.96. The summed E-state index contributed by atoms with van der Waals surface area (Å²) in [4.78, 5) is 48.9. The van der Waals surface area contributed by atoms with E-state index in [-0.39, 0.29) is 5.56 Å². The summed E-state index contributed by atoms with van der Waals surface area (Å²) in [5.41, 5.74) is 2.36. The molecule has 0 saturated heterocycles. The standard InChI is InChI=1S/C20H18N2O5/c1-2-13-7-9-14(10-8-13)21-17(23)12-27-18(24)11-22-16-6-4-3-5-15(16)19(25)20(22)26/h3-10H,2,11-12H2,1H3,(H,21,23). The Morgan fingerprint density at radius 3 is 2.44 bits per heavy atom. The third-order valence-corrected chi connectivity index (χ3v) is 4.18. The Kier molecular flexibility index (Phi) is 5.30. The van der Waals surface area contributed by atoms with Gasteiger partial charge in [0.05, 0.1) is 11.3 Å². The molecular weight excluding hydrogens is 348 g/mol. The Labute approximate surface area is 155 Å². The number of aryl methyl sites for hydroxylation is 1. The van der Waals surface area contributed by atoms with Crippen molar-refractivity contribution in [3.8, 4) is 0 Å². The van der Waals surface area contributed by atoms with Crippen molar-refractivity contribution in [2.24, 2.45) is 0 Å². The molecule has 1 aliphatic rings. The van der Waals surface area contributed by atoms with Crippen LogP contribution in [0.1, 0.15) is 22.8 Å². The predicted molar refractivity (Wildman–Crippen MR) is 98.5 cm³/mol. The number of rotatable bonds is 6. The van der Waals surface area contributed by atoms with E-state index in [9.17, 15) is 19.2 Å². The minimum atomic E-state index is -0.784. The average Bonchev–Trinajstić information content (AvgIpc) is 2.92. The number of esters is 1. The van der Waals surface area contributed by atoms with Crippen LogP contribution in [0.25, 0.3) is 0 Å². The molecule has 0 atom stereocenters. The minimum Gasteiger partial charge on any atom is -0.454 e. The summed E-state index contributed by atoms with van der Waals surface area (Å²) in [5, 5.41) is 2.62. The Bertz CT molecular complexity index is 905. The summed E-state index contributed by atoms with van der Waals surface area (Å²) in [5.74, 6) is -2.71. The molecule has 1 N–H and O–H groups in total. The number of ketones is 1. The molecule has 27 heavy (non-hydrogen) atoms. The van der Waals surface area contributed by atoms with E-state index in [0.717, 1.165) is 16.9 Å². The molecule has 2 amide bonds. The lowest BCUT2D eigenvalue weighted by molar-refractivity contribution is -0.146. The molecule has 7 heteroatoms. The maximum Gasteiger partial charge on any atom is 0.326 e. The van der Waals surface area contributed by atoms with Crippen LogP contribution < -0.4 is 10.2 Å². The first-order chi connectivity index (χ1) is 13.0. The van der Waals surface area contributed by atoms with Crippen molar-refractivity contribution in [1.82, 2.24) is 0 Å². The van der Waals surface area contributed by atoms with Crippen molar-refractivity contribution < 1.29 is 23.9 Å². The lowest BCUT2D eigenvalue weighted by atomic mass is 10.1. The van der Waals surface area contributed by atoms with E-state index in [0.29, 0.717) is 11.4 Å². The van der Waals surface area contributed by atoms with Gasteiger partial charge in [0.2, 0.25) is 0 Å². The monoisotopic (exact) mass is 366 g/mol. The number of benzene rings is 2. The quantitative estimate of drug-likeness (QED) is 0.623. The number of fused-ring (bicyclic) bond motifs is 1. The highest BCUT2D eigenvalue weighted by Crippen LogP contribution is 2.28. The van der Waals surface area contributed by atoms with Gasteiger partial charge in [-0.2, -0.15) is 0 Å². The first kappa shape index (κ1) is 18.3. The van der Waals surface area contributed by atoms with E-state index in [4.69, 9.17) is 4.74 Å². The highest BCUT2D eigenvalue weighted by Gasteiger charge is 2.36. The Hall–Kier alpha value is -3.48. The number of nitrogens with zero attached hydrogens (tertiary/aromatic N) is 1. The first-order valence-electron chi connectivity index (χ1n) is 8.49. The highest BCUT2D eigenvalue weighted by molar-refractivity contribution is 6.52. The molecule has 1 aliphatic heterocycles. The molecule has 1 heterocycles. The second kappa shape index (κ2) is 7.82. The van der Waals surface area contributed by atoms with Crippen LogP contribution in [0.15, 0.2) is 48.5 Å². The zero-order chi connectivity index (χ0) is 19.4. The first-order valence-corrected chi connectivity index (χ1v) is 8.49. The van der Waals surface area contributed by atoms with Crippen LogP contribution in [0.3, 0.4) is 0 Å². The molecule has 0 spiro atoms. The van der Waals surface area contributed by atoms with Gasteiger partial charge in [-0.05, 0) is 36.2 Å². The summed E-state index contributed by atoms with van der Waals surface area (Å²) < 4.78 is 4.93. The maximum atomic E-state index is 12.0. The number of carbonyl (C=O) groups is 4. The summed E-state index contributed by atoms with van der Waals surface area (Å²) >= 11 is 0. The van der Waals surface area contributed by atoms with Crippen molar-refractivity contribution in [1.29, 1.82) is 0 Å².